The second kappa shape index (κ2) is 9.46. The lowest BCUT2D eigenvalue weighted by atomic mass is 10.1. The van der Waals surface area contributed by atoms with E-state index in [0.29, 0.717) is 5.02 Å². The molecule has 0 fully saturated rings. The molecule has 0 aliphatic carbocycles. The molecule has 0 amide bonds. The molecule has 0 bridgehead atoms. The Bertz CT molecular complexity index is 584. The molecule has 0 aliphatic heterocycles. The first-order valence-corrected chi connectivity index (χ1v) is 9.29. The molecule has 1 N–H and O–H groups in total. The third kappa shape index (κ3) is 5.85. The summed E-state index contributed by atoms with van der Waals surface area (Å²) in [6.45, 7) is 4.27. The van der Waals surface area contributed by atoms with Crippen LogP contribution in [0.5, 0.6) is 0 Å². The van der Waals surface area contributed by atoms with Crippen LogP contribution in [-0.2, 0) is 12.2 Å². The SMILES string of the molecule is CCNCCCc1ccc(SCc2ccc(Cl)cc2Cl)cc1. The number of hydrogen-bond donors (Lipinski definition) is 1. The van der Waals surface area contributed by atoms with Gasteiger partial charge in [-0.3, -0.25) is 0 Å². The van der Waals surface area contributed by atoms with Crippen LogP contribution in [0.2, 0.25) is 10.0 Å². The maximum atomic E-state index is 6.20. The van der Waals surface area contributed by atoms with Crippen molar-refractivity contribution in [3.05, 3.63) is 63.6 Å². The second-order valence-corrected chi connectivity index (χ2v) is 7.02. The maximum Gasteiger partial charge on any atom is 0.0461 e. The quantitative estimate of drug-likeness (QED) is 0.473. The van der Waals surface area contributed by atoms with Crippen LogP contribution >= 0.6 is 35.0 Å². The van der Waals surface area contributed by atoms with Gasteiger partial charge in [-0.15, -0.1) is 11.8 Å². The van der Waals surface area contributed by atoms with Crippen molar-refractivity contribution >= 4 is 35.0 Å². The van der Waals surface area contributed by atoms with Crippen molar-refractivity contribution in [2.75, 3.05) is 13.1 Å². The summed E-state index contributed by atoms with van der Waals surface area (Å²) in [6.07, 6.45) is 2.31. The van der Waals surface area contributed by atoms with E-state index in [1.807, 2.05) is 12.1 Å². The van der Waals surface area contributed by atoms with E-state index in [4.69, 9.17) is 23.2 Å². The van der Waals surface area contributed by atoms with E-state index in [0.717, 1.165) is 35.8 Å². The van der Waals surface area contributed by atoms with Crippen molar-refractivity contribution < 1.29 is 0 Å². The molecule has 0 radical (unpaired) electrons. The Morgan fingerprint density at radius 3 is 2.50 bits per heavy atom. The Kier molecular flexibility index (Phi) is 7.61. The summed E-state index contributed by atoms with van der Waals surface area (Å²) >= 11 is 13.9. The van der Waals surface area contributed by atoms with E-state index in [1.165, 1.54) is 16.9 Å². The Morgan fingerprint density at radius 2 is 1.82 bits per heavy atom. The molecule has 2 aromatic carbocycles. The molecule has 2 rings (SSSR count). The third-order valence-electron chi connectivity index (χ3n) is 3.40. The molecular weight excluding hydrogens is 333 g/mol. The topological polar surface area (TPSA) is 12.0 Å². The van der Waals surface area contributed by atoms with Crippen LogP contribution < -0.4 is 5.32 Å². The smallest absolute Gasteiger partial charge is 0.0461 e. The van der Waals surface area contributed by atoms with Gasteiger partial charge in [0.2, 0.25) is 0 Å². The van der Waals surface area contributed by atoms with Gasteiger partial charge in [-0.05, 0) is 61.3 Å². The lowest BCUT2D eigenvalue weighted by Crippen LogP contribution is -2.14. The maximum absolute atomic E-state index is 6.20. The molecule has 0 atom stereocenters. The monoisotopic (exact) mass is 353 g/mol. The predicted octanol–water partition coefficient (Wildman–Crippen LogP) is 5.83. The van der Waals surface area contributed by atoms with Crippen LogP contribution in [0.25, 0.3) is 0 Å². The number of halogens is 2. The molecule has 0 spiro atoms. The highest BCUT2D eigenvalue weighted by Gasteiger charge is 2.03. The number of benzene rings is 2. The molecular formula is C18H21Cl2NS. The number of thioether (sulfide) groups is 1. The molecule has 0 unspecified atom stereocenters. The first-order chi connectivity index (χ1) is 10.7. The molecule has 1 nitrogen and oxygen atoms in total. The van der Waals surface area contributed by atoms with Crippen LogP contribution in [0.1, 0.15) is 24.5 Å². The predicted molar refractivity (Wildman–Crippen MR) is 99.3 cm³/mol. The summed E-state index contributed by atoms with van der Waals surface area (Å²) in [6, 6.07) is 14.5. The van der Waals surface area contributed by atoms with Gasteiger partial charge in [-0.25, -0.2) is 0 Å². The summed E-state index contributed by atoms with van der Waals surface area (Å²) in [5, 5.41) is 4.77. The van der Waals surface area contributed by atoms with Crippen molar-refractivity contribution in [1.82, 2.24) is 5.32 Å². The zero-order chi connectivity index (χ0) is 15.8. The molecule has 0 heterocycles. The van der Waals surface area contributed by atoms with Gasteiger partial charge in [0.1, 0.15) is 0 Å². The summed E-state index contributed by atoms with van der Waals surface area (Å²) < 4.78 is 0. The number of rotatable bonds is 8. The number of hydrogen-bond acceptors (Lipinski definition) is 2. The summed E-state index contributed by atoms with van der Waals surface area (Å²) in [7, 11) is 0. The minimum absolute atomic E-state index is 0.681. The second-order valence-electron chi connectivity index (χ2n) is 5.13. The molecule has 2 aromatic rings. The third-order valence-corrected chi connectivity index (χ3v) is 5.05. The minimum atomic E-state index is 0.681. The molecule has 0 saturated carbocycles. The Morgan fingerprint density at radius 1 is 1.05 bits per heavy atom. The normalized spacial score (nSPS) is 10.9. The van der Waals surface area contributed by atoms with E-state index in [1.54, 1.807) is 17.8 Å². The van der Waals surface area contributed by atoms with Crippen molar-refractivity contribution in [1.29, 1.82) is 0 Å². The van der Waals surface area contributed by atoms with Crippen LogP contribution in [-0.4, -0.2) is 13.1 Å². The van der Waals surface area contributed by atoms with Crippen molar-refractivity contribution in [2.45, 2.75) is 30.4 Å². The summed E-state index contributed by atoms with van der Waals surface area (Å²) in [5.41, 5.74) is 2.51. The van der Waals surface area contributed by atoms with Gasteiger partial charge < -0.3 is 5.32 Å². The van der Waals surface area contributed by atoms with E-state index in [2.05, 4.69) is 36.5 Å². The minimum Gasteiger partial charge on any atom is -0.317 e. The first kappa shape index (κ1) is 17.7. The van der Waals surface area contributed by atoms with Gasteiger partial charge in [0.15, 0.2) is 0 Å². The fraction of sp³-hybridized carbons (Fsp3) is 0.333. The molecule has 4 heteroatoms. The lowest BCUT2D eigenvalue weighted by Gasteiger charge is -2.06. The van der Waals surface area contributed by atoms with Crippen molar-refractivity contribution in [2.24, 2.45) is 0 Å². The number of aryl methyl sites for hydroxylation is 1. The highest BCUT2D eigenvalue weighted by atomic mass is 35.5. The van der Waals surface area contributed by atoms with E-state index >= 15 is 0 Å². The highest BCUT2D eigenvalue weighted by Crippen LogP contribution is 2.28. The molecule has 0 saturated heterocycles. The van der Waals surface area contributed by atoms with Gasteiger partial charge >= 0.3 is 0 Å². The zero-order valence-corrected chi connectivity index (χ0v) is 15.1. The highest BCUT2D eigenvalue weighted by molar-refractivity contribution is 7.98. The van der Waals surface area contributed by atoms with Gasteiger partial charge in [0, 0.05) is 20.7 Å². The van der Waals surface area contributed by atoms with Crippen LogP contribution in [0.15, 0.2) is 47.4 Å². The molecule has 118 valence electrons. The fourth-order valence-electron chi connectivity index (χ4n) is 2.15. The average molecular weight is 354 g/mol. The molecule has 22 heavy (non-hydrogen) atoms. The fourth-order valence-corrected chi connectivity index (χ4v) is 3.60. The van der Waals surface area contributed by atoms with Crippen LogP contribution in [0.3, 0.4) is 0 Å². The summed E-state index contributed by atoms with van der Waals surface area (Å²) in [5.74, 6) is 0.857. The van der Waals surface area contributed by atoms with E-state index in [9.17, 15) is 0 Å². The largest absolute Gasteiger partial charge is 0.317 e. The number of nitrogens with one attached hydrogen (secondary N) is 1. The lowest BCUT2D eigenvalue weighted by molar-refractivity contribution is 0.672. The average Bonchev–Trinajstić information content (AvgIpc) is 2.52. The van der Waals surface area contributed by atoms with E-state index in [-0.39, 0.29) is 0 Å². The molecule has 0 aromatic heterocycles. The van der Waals surface area contributed by atoms with Gasteiger partial charge in [0.25, 0.3) is 0 Å². The van der Waals surface area contributed by atoms with Crippen LogP contribution in [0.4, 0.5) is 0 Å². The first-order valence-electron chi connectivity index (χ1n) is 7.55. The summed E-state index contributed by atoms with van der Waals surface area (Å²) in [4.78, 5) is 1.27. The molecule has 0 aliphatic rings. The van der Waals surface area contributed by atoms with Crippen LogP contribution in [0, 0.1) is 0 Å². The van der Waals surface area contributed by atoms with Crippen molar-refractivity contribution in [3.63, 3.8) is 0 Å². The Labute approximate surface area is 147 Å². The van der Waals surface area contributed by atoms with E-state index < -0.39 is 0 Å². The van der Waals surface area contributed by atoms with Crippen molar-refractivity contribution in [3.8, 4) is 0 Å². The van der Waals surface area contributed by atoms with Gasteiger partial charge in [0.05, 0.1) is 0 Å². The standard InChI is InChI=1S/C18H21Cl2NS/c1-2-21-11-3-4-14-5-9-17(10-6-14)22-13-15-7-8-16(19)12-18(15)20/h5-10,12,21H,2-4,11,13H2,1H3. The Balaban J connectivity index is 1.83. The zero-order valence-electron chi connectivity index (χ0n) is 12.7. The Hall–Kier alpha value is -0.670. The van der Waals surface area contributed by atoms with Gasteiger partial charge in [-0.1, -0.05) is 48.3 Å². The van der Waals surface area contributed by atoms with Gasteiger partial charge in [-0.2, -0.15) is 0 Å².